The minimum Gasteiger partial charge on any atom is -0.370 e. The van der Waals surface area contributed by atoms with E-state index in [9.17, 15) is 4.79 Å². The van der Waals surface area contributed by atoms with Crippen LogP contribution in [0.15, 0.2) is 22.7 Å². The molecule has 1 aromatic rings. The van der Waals surface area contributed by atoms with Crippen molar-refractivity contribution in [2.75, 3.05) is 18.5 Å². The molecule has 0 aliphatic heterocycles. The van der Waals surface area contributed by atoms with Crippen LogP contribution in [0, 0.1) is 5.92 Å². The first-order chi connectivity index (χ1) is 8.54. The average Bonchev–Trinajstić information content (AvgIpc) is 3.13. The molecule has 1 amide bonds. The Morgan fingerprint density at radius 2 is 2.22 bits per heavy atom. The zero-order valence-corrected chi connectivity index (χ0v) is 12.0. The van der Waals surface area contributed by atoms with Gasteiger partial charge in [0.05, 0.1) is 5.56 Å². The summed E-state index contributed by atoms with van der Waals surface area (Å²) in [5.74, 6) is 0.281. The quantitative estimate of drug-likeness (QED) is 0.869. The molecule has 1 fully saturated rings. The third-order valence-electron chi connectivity index (χ3n) is 3.53. The van der Waals surface area contributed by atoms with Gasteiger partial charge in [0.25, 0.3) is 0 Å². The molecule has 0 radical (unpaired) electrons. The Kier molecular flexibility index (Phi) is 3.92. The van der Waals surface area contributed by atoms with Crippen molar-refractivity contribution in [3.63, 3.8) is 0 Å². The second kappa shape index (κ2) is 5.28. The number of rotatable bonds is 5. The maximum atomic E-state index is 11.2. The van der Waals surface area contributed by atoms with Crippen LogP contribution in [0.5, 0.6) is 0 Å². The normalized spacial score (nSPS) is 16.4. The number of anilines is 1. The van der Waals surface area contributed by atoms with E-state index >= 15 is 0 Å². The molecule has 0 spiro atoms. The second-order valence-corrected chi connectivity index (χ2v) is 5.63. The number of hydrogen-bond donors (Lipinski definition) is 2. The summed E-state index contributed by atoms with van der Waals surface area (Å²) in [5, 5.41) is 0. The van der Waals surface area contributed by atoms with Crippen molar-refractivity contribution in [2.45, 2.75) is 18.9 Å². The van der Waals surface area contributed by atoms with E-state index in [1.807, 2.05) is 19.2 Å². The lowest BCUT2D eigenvalue weighted by Crippen LogP contribution is -2.39. The molecule has 1 aliphatic carbocycles. The number of halogens is 1. The molecular formula is C13H18BrN3O. The highest BCUT2D eigenvalue weighted by atomic mass is 79.9. The van der Waals surface area contributed by atoms with Crippen LogP contribution in [0.3, 0.4) is 0 Å². The molecule has 1 saturated carbocycles. The minimum atomic E-state index is -0.423. The fraction of sp³-hybridized carbons (Fsp3) is 0.462. The summed E-state index contributed by atoms with van der Waals surface area (Å²) in [6.45, 7) is 0.649. The van der Waals surface area contributed by atoms with Gasteiger partial charge in [0, 0.05) is 29.8 Å². The molecule has 1 unspecified atom stereocenters. The molecule has 1 aliphatic rings. The van der Waals surface area contributed by atoms with Gasteiger partial charge < -0.3 is 16.4 Å². The average molecular weight is 312 g/mol. The number of hydrogen-bond acceptors (Lipinski definition) is 3. The number of nitrogens with two attached hydrogens (primary N) is 2. The molecule has 98 valence electrons. The van der Waals surface area contributed by atoms with Gasteiger partial charge in [0.2, 0.25) is 5.91 Å². The molecular weight excluding hydrogens is 294 g/mol. The summed E-state index contributed by atoms with van der Waals surface area (Å²) in [7, 11) is 2.04. The van der Waals surface area contributed by atoms with Gasteiger partial charge >= 0.3 is 0 Å². The van der Waals surface area contributed by atoms with Crippen LogP contribution in [0.25, 0.3) is 0 Å². The Bertz CT molecular complexity index is 460. The van der Waals surface area contributed by atoms with Gasteiger partial charge in [-0.15, -0.1) is 0 Å². The van der Waals surface area contributed by atoms with E-state index in [-0.39, 0.29) is 0 Å². The number of benzene rings is 1. The molecule has 0 saturated heterocycles. The largest absolute Gasteiger partial charge is 0.370 e. The molecule has 1 atom stereocenters. The summed E-state index contributed by atoms with van der Waals surface area (Å²) in [6, 6.07) is 5.95. The highest BCUT2D eigenvalue weighted by Crippen LogP contribution is 2.36. The first-order valence-electron chi connectivity index (χ1n) is 6.07. The molecule has 0 aromatic heterocycles. The Hall–Kier alpha value is -1.07. The third kappa shape index (κ3) is 2.67. The van der Waals surface area contributed by atoms with Crippen LogP contribution in [0.4, 0.5) is 5.69 Å². The lowest BCUT2D eigenvalue weighted by Gasteiger charge is -2.29. The third-order valence-corrected chi connectivity index (χ3v) is 4.19. The number of carbonyl (C=O) groups excluding carboxylic acids is 1. The lowest BCUT2D eigenvalue weighted by molar-refractivity contribution is 0.0999. The Morgan fingerprint density at radius 3 is 2.67 bits per heavy atom. The van der Waals surface area contributed by atoms with E-state index in [0.717, 1.165) is 10.2 Å². The monoisotopic (exact) mass is 311 g/mol. The highest BCUT2D eigenvalue weighted by molar-refractivity contribution is 9.10. The molecule has 1 aromatic carbocycles. The predicted octanol–water partition coefficient (Wildman–Crippen LogP) is 1.72. The molecule has 2 rings (SSSR count). The van der Waals surface area contributed by atoms with Crippen molar-refractivity contribution in [1.29, 1.82) is 0 Å². The van der Waals surface area contributed by atoms with E-state index in [1.54, 1.807) is 6.07 Å². The van der Waals surface area contributed by atoms with Gasteiger partial charge in [0.15, 0.2) is 0 Å². The number of carbonyl (C=O) groups is 1. The number of nitrogens with zero attached hydrogens (tertiary/aromatic N) is 1. The number of amides is 1. The second-order valence-electron chi connectivity index (χ2n) is 4.78. The number of primary amides is 1. The molecule has 4 N–H and O–H groups in total. The highest BCUT2D eigenvalue weighted by Gasteiger charge is 2.33. The molecule has 4 nitrogen and oxygen atoms in total. The zero-order chi connectivity index (χ0) is 13.3. The fourth-order valence-corrected chi connectivity index (χ4v) is 2.82. The summed E-state index contributed by atoms with van der Waals surface area (Å²) in [4.78, 5) is 13.4. The van der Waals surface area contributed by atoms with E-state index in [1.165, 1.54) is 12.8 Å². The maximum absolute atomic E-state index is 11.2. The first-order valence-corrected chi connectivity index (χ1v) is 6.86. The van der Waals surface area contributed by atoms with Crippen LogP contribution in [0.2, 0.25) is 0 Å². The van der Waals surface area contributed by atoms with Crippen molar-refractivity contribution in [1.82, 2.24) is 0 Å². The van der Waals surface area contributed by atoms with Crippen LogP contribution < -0.4 is 16.4 Å². The van der Waals surface area contributed by atoms with Gasteiger partial charge in [-0.1, -0.05) is 0 Å². The molecule has 5 heteroatoms. The first kappa shape index (κ1) is 13.4. The van der Waals surface area contributed by atoms with Crippen LogP contribution in [0.1, 0.15) is 23.2 Å². The Morgan fingerprint density at radius 1 is 1.56 bits per heavy atom. The van der Waals surface area contributed by atoms with E-state index in [2.05, 4.69) is 20.8 Å². The van der Waals surface area contributed by atoms with Crippen LogP contribution >= 0.6 is 15.9 Å². The van der Waals surface area contributed by atoms with Crippen LogP contribution in [-0.4, -0.2) is 25.5 Å². The predicted molar refractivity (Wildman–Crippen MR) is 76.6 cm³/mol. The Labute approximate surface area is 115 Å². The van der Waals surface area contributed by atoms with E-state index < -0.39 is 5.91 Å². The smallest absolute Gasteiger partial charge is 0.249 e. The summed E-state index contributed by atoms with van der Waals surface area (Å²) in [6.07, 6.45) is 2.51. The Balaban J connectivity index is 2.22. The molecule has 0 bridgehead atoms. The van der Waals surface area contributed by atoms with Crippen molar-refractivity contribution >= 4 is 27.5 Å². The van der Waals surface area contributed by atoms with E-state index in [4.69, 9.17) is 11.5 Å². The SMILES string of the molecule is CN(c1ccc(C(N)=O)c(Br)c1)C(CN)C1CC1. The molecule has 0 heterocycles. The van der Waals surface area contributed by atoms with Crippen LogP contribution in [-0.2, 0) is 0 Å². The van der Waals surface area contributed by atoms with Gasteiger partial charge in [-0.2, -0.15) is 0 Å². The van der Waals surface area contributed by atoms with Gasteiger partial charge in [-0.3, -0.25) is 4.79 Å². The standard InChI is InChI=1S/C13H18BrN3O/c1-17(12(7-15)8-2-3-8)9-4-5-10(13(16)18)11(14)6-9/h4-6,8,12H,2-3,7,15H2,1H3,(H2,16,18). The van der Waals surface area contributed by atoms with Crippen molar-refractivity contribution in [3.05, 3.63) is 28.2 Å². The topological polar surface area (TPSA) is 72.3 Å². The summed E-state index contributed by atoms with van der Waals surface area (Å²) < 4.78 is 0.728. The fourth-order valence-electron chi connectivity index (χ4n) is 2.26. The van der Waals surface area contributed by atoms with Gasteiger partial charge in [-0.25, -0.2) is 0 Å². The van der Waals surface area contributed by atoms with Gasteiger partial charge in [-0.05, 0) is 52.9 Å². The summed E-state index contributed by atoms with van der Waals surface area (Å²) in [5.41, 5.74) is 12.7. The molecule has 18 heavy (non-hydrogen) atoms. The minimum absolute atomic E-state index is 0.372. The number of likely N-dealkylation sites (N-methyl/N-ethyl adjacent to an activating group) is 1. The maximum Gasteiger partial charge on any atom is 0.249 e. The summed E-state index contributed by atoms with van der Waals surface area (Å²) >= 11 is 3.38. The lowest BCUT2D eigenvalue weighted by atomic mass is 10.1. The van der Waals surface area contributed by atoms with E-state index in [0.29, 0.717) is 24.1 Å². The van der Waals surface area contributed by atoms with Gasteiger partial charge in [0.1, 0.15) is 0 Å². The zero-order valence-electron chi connectivity index (χ0n) is 10.4. The van der Waals surface area contributed by atoms with Crippen molar-refractivity contribution in [3.8, 4) is 0 Å². The van der Waals surface area contributed by atoms with Crippen molar-refractivity contribution < 1.29 is 4.79 Å². The van der Waals surface area contributed by atoms with Crippen molar-refractivity contribution in [2.24, 2.45) is 17.4 Å².